The summed E-state index contributed by atoms with van der Waals surface area (Å²) in [7, 11) is 0. The second kappa shape index (κ2) is 11.3. The lowest BCUT2D eigenvalue weighted by Gasteiger charge is -2.08. The third-order valence-corrected chi connectivity index (χ3v) is 12.4. The molecule has 274 valence electrons. The molecule has 5 heteroatoms. The van der Waals surface area contributed by atoms with Gasteiger partial charge in [0.1, 0.15) is 22.3 Å². The zero-order valence-corrected chi connectivity index (χ0v) is 31.3. The number of fused-ring (bicyclic) bond motifs is 17. The number of aromatic nitrogens is 1. The van der Waals surface area contributed by atoms with Gasteiger partial charge in [-0.2, -0.15) is 0 Å². The summed E-state index contributed by atoms with van der Waals surface area (Å²) in [5.41, 5.74) is 14.5. The van der Waals surface area contributed by atoms with Gasteiger partial charge in [0.25, 0.3) is 0 Å². The normalized spacial score (nSPS) is 12.4. The maximum absolute atomic E-state index is 6.49. The molecule has 59 heavy (non-hydrogen) atoms. The third kappa shape index (κ3) is 4.28. The lowest BCUT2D eigenvalue weighted by atomic mass is 9.98. The van der Waals surface area contributed by atoms with Crippen molar-refractivity contribution in [3.63, 3.8) is 0 Å². The Hall–Kier alpha value is -8.02. The molecule has 14 rings (SSSR count). The van der Waals surface area contributed by atoms with Gasteiger partial charge < -0.3 is 22.2 Å². The van der Waals surface area contributed by atoms with Crippen LogP contribution in [0.25, 0.3) is 138 Å². The zero-order valence-electron chi connectivity index (χ0n) is 31.3. The van der Waals surface area contributed by atoms with Gasteiger partial charge in [-0.3, -0.25) is 0 Å². The van der Waals surface area contributed by atoms with Crippen LogP contribution in [0.2, 0.25) is 0 Å². The van der Waals surface area contributed by atoms with Gasteiger partial charge in [0.05, 0.1) is 11.0 Å². The van der Waals surface area contributed by atoms with E-state index < -0.39 is 0 Å². The predicted molar refractivity (Wildman–Crippen MR) is 241 cm³/mol. The molecule has 0 amide bonds. The summed E-state index contributed by atoms with van der Waals surface area (Å²) in [6, 6.07) is 62.2. The van der Waals surface area contributed by atoms with E-state index in [9.17, 15) is 0 Å². The number of rotatable bonds is 3. The monoisotopic (exact) mass is 755 g/mol. The minimum atomic E-state index is 0.782. The first-order valence-electron chi connectivity index (χ1n) is 19.9. The molecule has 0 radical (unpaired) electrons. The van der Waals surface area contributed by atoms with E-state index in [0.717, 1.165) is 127 Å². The average molecular weight is 756 g/mol. The molecule has 0 spiro atoms. The maximum atomic E-state index is 6.49. The van der Waals surface area contributed by atoms with Gasteiger partial charge in [-0.15, -0.1) is 0 Å². The van der Waals surface area contributed by atoms with Crippen LogP contribution >= 0.6 is 0 Å². The fraction of sp³-hybridized carbons (Fsp3) is 0. The molecular weight excluding hydrogens is 727 g/mol. The number of benzene rings is 9. The standard InChI is InChI=1S/C54H29NO4/c1-2-8-34(9-3-1)55-45-22-14-30(32-16-24-49-43(28-32)39-20-18-37-35-10-4-6-12-47(35)56-51(37)53(39)58-49)26-41(45)42-27-31(15-23-46(42)55)33-17-25-50-44(29-33)40-21-19-38-36-11-5-7-13-48(36)57-52(38)54(40)59-50/h1-29H. The van der Waals surface area contributed by atoms with Crippen LogP contribution in [0.15, 0.2) is 194 Å². The molecule has 0 N–H and O–H groups in total. The molecule has 0 atom stereocenters. The predicted octanol–water partition coefficient (Wildman–Crippen LogP) is 15.7. The summed E-state index contributed by atoms with van der Waals surface area (Å²) < 4.78 is 28.0. The van der Waals surface area contributed by atoms with Crippen LogP contribution in [0.1, 0.15) is 0 Å². The van der Waals surface area contributed by atoms with Gasteiger partial charge in [-0.25, -0.2) is 0 Å². The summed E-state index contributed by atoms with van der Waals surface area (Å²) in [4.78, 5) is 0. The van der Waals surface area contributed by atoms with E-state index in [1.807, 2.05) is 36.4 Å². The SMILES string of the molecule is c1ccc(-n2c3ccc(-c4ccc5oc6c(ccc7c8ccccc8oc76)c5c4)cc3c3cc(-c4ccc5oc6c(ccc7c8ccccc8oc76)c5c4)ccc32)cc1. The lowest BCUT2D eigenvalue weighted by Crippen LogP contribution is -1.93. The van der Waals surface area contributed by atoms with Crippen molar-refractivity contribution in [2.45, 2.75) is 0 Å². The Morgan fingerprint density at radius 2 is 0.610 bits per heavy atom. The topological polar surface area (TPSA) is 57.5 Å². The van der Waals surface area contributed by atoms with Gasteiger partial charge in [0.2, 0.25) is 0 Å². The van der Waals surface area contributed by atoms with Crippen molar-refractivity contribution in [2.75, 3.05) is 0 Å². The highest BCUT2D eigenvalue weighted by molar-refractivity contribution is 6.21. The minimum Gasteiger partial charge on any atom is -0.452 e. The third-order valence-electron chi connectivity index (χ3n) is 12.4. The number of para-hydroxylation sites is 3. The molecule has 0 saturated heterocycles. The molecule has 5 aromatic heterocycles. The maximum Gasteiger partial charge on any atom is 0.178 e. The van der Waals surface area contributed by atoms with Crippen LogP contribution in [0.4, 0.5) is 0 Å². The van der Waals surface area contributed by atoms with E-state index in [1.54, 1.807) is 0 Å². The van der Waals surface area contributed by atoms with E-state index in [-0.39, 0.29) is 0 Å². The Bertz CT molecular complexity index is 3830. The van der Waals surface area contributed by atoms with Crippen LogP contribution in [0.5, 0.6) is 0 Å². The fourth-order valence-corrected chi connectivity index (χ4v) is 9.63. The first-order valence-corrected chi connectivity index (χ1v) is 19.9. The molecular formula is C54H29NO4. The Morgan fingerprint density at radius 1 is 0.254 bits per heavy atom. The molecule has 0 aliphatic carbocycles. The van der Waals surface area contributed by atoms with Gasteiger partial charge in [-0.05, 0) is 119 Å². The van der Waals surface area contributed by atoms with E-state index in [1.165, 1.54) is 10.8 Å². The second-order valence-electron chi connectivity index (χ2n) is 15.6. The Morgan fingerprint density at radius 3 is 1.07 bits per heavy atom. The summed E-state index contributed by atoms with van der Waals surface area (Å²) in [5.74, 6) is 0. The smallest absolute Gasteiger partial charge is 0.178 e. The molecule has 0 fully saturated rings. The molecule has 0 unspecified atom stereocenters. The number of hydrogen-bond donors (Lipinski definition) is 0. The number of furan rings is 4. The molecule has 0 saturated carbocycles. The minimum absolute atomic E-state index is 0.782. The van der Waals surface area contributed by atoms with Crippen molar-refractivity contribution in [2.24, 2.45) is 0 Å². The van der Waals surface area contributed by atoms with Crippen LogP contribution < -0.4 is 0 Å². The molecule has 14 aromatic rings. The Labute approximate surface area is 334 Å². The molecule has 9 aromatic carbocycles. The van der Waals surface area contributed by atoms with Gasteiger partial charge >= 0.3 is 0 Å². The van der Waals surface area contributed by atoms with E-state index in [4.69, 9.17) is 17.7 Å². The number of nitrogens with zero attached hydrogens (tertiary/aromatic N) is 1. The molecule has 0 bridgehead atoms. The largest absolute Gasteiger partial charge is 0.452 e. The lowest BCUT2D eigenvalue weighted by molar-refractivity contribution is 0.633. The molecule has 0 aliphatic heterocycles. The van der Waals surface area contributed by atoms with Crippen molar-refractivity contribution in [1.82, 2.24) is 4.57 Å². The van der Waals surface area contributed by atoms with Crippen molar-refractivity contribution in [3.8, 4) is 27.9 Å². The summed E-state index contributed by atoms with van der Waals surface area (Å²) in [6.45, 7) is 0. The van der Waals surface area contributed by atoms with Gasteiger partial charge in [-0.1, -0.05) is 78.9 Å². The Kier molecular flexibility index (Phi) is 5.96. The van der Waals surface area contributed by atoms with Crippen LogP contribution in [0, 0.1) is 0 Å². The average Bonchev–Trinajstić information content (AvgIpc) is 4.11. The van der Waals surface area contributed by atoms with E-state index in [2.05, 4.69) is 144 Å². The van der Waals surface area contributed by atoms with E-state index in [0.29, 0.717) is 0 Å². The van der Waals surface area contributed by atoms with Crippen molar-refractivity contribution in [3.05, 3.63) is 176 Å². The molecule has 5 heterocycles. The fourth-order valence-electron chi connectivity index (χ4n) is 9.63. The Balaban J connectivity index is 0.941. The van der Waals surface area contributed by atoms with E-state index >= 15 is 0 Å². The summed E-state index contributed by atoms with van der Waals surface area (Å²) >= 11 is 0. The quantitative estimate of drug-likeness (QED) is 0.180. The van der Waals surface area contributed by atoms with Crippen molar-refractivity contribution >= 4 is 110 Å². The summed E-state index contributed by atoms with van der Waals surface area (Å²) in [5, 5.41) is 10.9. The first kappa shape index (κ1) is 31.1. The van der Waals surface area contributed by atoms with Gasteiger partial charge in [0.15, 0.2) is 22.3 Å². The van der Waals surface area contributed by atoms with Crippen LogP contribution in [-0.2, 0) is 0 Å². The zero-order chi connectivity index (χ0) is 38.3. The van der Waals surface area contributed by atoms with Crippen molar-refractivity contribution in [1.29, 1.82) is 0 Å². The summed E-state index contributed by atoms with van der Waals surface area (Å²) in [6.07, 6.45) is 0. The number of hydrogen-bond acceptors (Lipinski definition) is 4. The second-order valence-corrected chi connectivity index (χ2v) is 15.6. The van der Waals surface area contributed by atoms with Crippen LogP contribution in [0.3, 0.4) is 0 Å². The highest BCUT2D eigenvalue weighted by Gasteiger charge is 2.20. The molecule has 5 nitrogen and oxygen atoms in total. The highest BCUT2D eigenvalue weighted by atomic mass is 16.4. The van der Waals surface area contributed by atoms with Crippen LogP contribution in [-0.4, -0.2) is 4.57 Å². The molecule has 0 aliphatic rings. The van der Waals surface area contributed by atoms with Crippen molar-refractivity contribution < 1.29 is 17.7 Å². The highest BCUT2D eigenvalue weighted by Crippen LogP contribution is 2.43. The van der Waals surface area contributed by atoms with Gasteiger partial charge in [0, 0.05) is 59.5 Å². The first-order chi connectivity index (χ1) is 29.2.